The molecule has 1 N–H and O–H groups in total. The predicted molar refractivity (Wildman–Crippen MR) is 96.9 cm³/mol. The first kappa shape index (κ1) is 18.2. The zero-order valence-electron chi connectivity index (χ0n) is 14.1. The molecule has 2 atom stereocenters. The molecule has 0 aromatic heterocycles. The van der Waals surface area contributed by atoms with Crippen molar-refractivity contribution in [3.63, 3.8) is 0 Å². The molecule has 1 aliphatic heterocycles. The van der Waals surface area contributed by atoms with E-state index in [1.54, 1.807) is 12.1 Å². The average Bonchev–Trinajstić information content (AvgIpc) is 2.89. The number of alkyl carbamates (subject to hydrolysis) is 1. The number of carbonyl (C=O) groups is 1. The minimum Gasteiger partial charge on any atom is -0.441 e. The Morgan fingerprint density at radius 3 is 2.58 bits per heavy atom. The second kappa shape index (κ2) is 7.76. The van der Waals surface area contributed by atoms with Crippen LogP contribution in [0.15, 0.2) is 59.5 Å². The predicted octanol–water partition coefficient (Wildman–Crippen LogP) is 3.73. The summed E-state index contributed by atoms with van der Waals surface area (Å²) in [5.41, 5.74) is 0.543. The highest BCUT2D eigenvalue weighted by Gasteiger charge is 2.45. The first-order valence-electron chi connectivity index (χ1n) is 8.03. The lowest BCUT2D eigenvalue weighted by Gasteiger charge is -2.28. The number of rotatable bonds is 7. The Hall–Kier alpha value is -2.58. The monoisotopic (exact) mass is 374 g/mol. The van der Waals surface area contributed by atoms with Crippen LogP contribution in [0.25, 0.3) is 0 Å². The van der Waals surface area contributed by atoms with Gasteiger partial charge in [0.15, 0.2) is 6.10 Å². The maximum absolute atomic E-state index is 11.7. The summed E-state index contributed by atoms with van der Waals surface area (Å²) >= 11 is 1.09. The van der Waals surface area contributed by atoms with Gasteiger partial charge in [-0.3, -0.25) is 10.1 Å². The van der Waals surface area contributed by atoms with Gasteiger partial charge in [0.2, 0.25) is 0 Å². The molecule has 8 heteroatoms. The van der Waals surface area contributed by atoms with Crippen molar-refractivity contribution in [2.75, 3.05) is 6.61 Å². The van der Waals surface area contributed by atoms with Crippen LogP contribution in [-0.2, 0) is 15.3 Å². The zero-order chi connectivity index (χ0) is 18.6. The minimum atomic E-state index is -0.575. The van der Waals surface area contributed by atoms with E-state index >= 15 is 0 Å². The van der Waals surface area contributed by atoms with Gasteiger partial charge in [0.25, 0.3) is 5.69 Å². The SMILES string of the molecule is CC1(Cc2ccccc2)NC(=O)O[C@@H]1COSc1ccc([N+](=O)[O-])cc1. The van der Waals surface area contributed by atoms with Crippen LogP contribution < -0.4 is 5.32 Å². The van der Waals surface area contributed by atoms with Gasteiger partial charge in [-0.15, -0.1) is 0 Å². The normalized spacial score (nSPS) is 21.9. The van der Waals surface area contributed by atoms with E-state index in [4.69, 9.17) is 8.92 Å². The third-order valence-corrected chi connectivity index (χ3v) is 4.90. The number of hydrogen-bond donors (Lipinski definition) is 1. The molecule has 3 rings (SSSR count). The van der Waals surface area contributed by atoms with Crippen molar-refractivity contribution in [1.29, 1.82) is 0 Å². The van der Waals surface area contributed by atoms with Crippen molar-refractivity contribution in [3.05, 3.63) is 70.3 Å². The van der Waals surface area contributed by atoms with Crippen molar-refractivity contribution in [2.24, 2.45) is 0 Å². The van der Waals surface area contributed by atoms with Gasteiger partial charge < -0.3 is 14.2 Å². The van der Waals surface area contributed by atoms with Gasteiger partial charge >= 0.3 is 6.09 Å². The van der Waals surface area contributed by atoms with Crippen LogP contribution in [0.2, 0.25) is 0 Å². The number of ether oxygens (including phenoxy) is 1. The second-order valence-electron chi connectivity index (χ2n) is 6.22. The summed E-state index contributed by atoms with van der Waals surface area (Å²) in [6.07, 6.45) is -0.284. The van der Waals surface area contributed by atoms with Gasteiger partial charge in [-0.05, 0) is 31.0 Å². The van der Waals surface area contributed by atoms with Gasteiger partial charge in [-0.25, -0.2) is 4.79 Å². The number of amides is 1. The van der Waals surface area contributed by atoms with Gasteiger partial charge in [0.1, 0.15) is 6.61 Å². The molecule has 0 spiro atoms. The fraction of sp³-hybridized carbons (Fsp3) is 0.278. The number of nitro benzene ring substituents is 1. The summed E-state index contributed by atoms with van der Waals surface area (Å²) < 4.78 is 11.0. The second-order valence-corrected chi connectivity index (χ2v) is 7.09. The lowest BCUT2D eigenvalue weighted by molar-refractivity contribution is -0.384. The van der Waals surface area contributed by atoms with Crippen molar-refractivity contribution in [3.8, 4) is 0 Å². The molecule has 7 nitrogen and oxygen atoms in total. The molecule has 0 bridgehead atoms. The molecule has 26 heavy (non-hydrogen) atoms. The highest BCUT2D eigenvalue weighted by Crippen LogP contribution is 2.28. The number of hydrogen-bond acceptors (Lipinski definition) is 6. The Labute approximate surface area is 155 Å². The fourth-order valence-electron chi connectivity index (χ4n) is 2.79. The Morgan fingerprint density at radius 2 is 1.92 bits per heavy atom. The van der Waals surface area contributed by atoms with E-state index in [1.165, 1.54) is 12.1 Å². The van der Waals surface area contributed by atoms with Crippen molar-refractivity contribution in [1.82, 2.24) is 5.32 Å². The van der Waals surface area contributed by atoms with Gasteiger partial charge in [0, 0.05) is 29.1 Å². The third-order valence-electron chi connectivity index (χ3n) is 4.18. The van der Waals surface area contributed by atoms with E-state index in [1.807, 2.05) is 37.3 Å². The van der Waals surface area contributed by atoms with Crippen LogP contribution in [0.5, 0.6) is 0 Å². The lowest BCUT2D eigenvalue weighted by atomic mass is 9.88. The quantitative estimate of drug-likeness (QED) is 0.451. The van der Waals surface area contributed by atoms with Crippen LogP contribution in [0.4, 0.5) is 10.5 Å². The molecule has 0 saturated carbocycles. The molecule has 0 radical (unpaired) electrons. The number of cyclic esters (lactones) is 1. The Kier molecular flexibility index (Phi) is 5.43. The first-order chi connectivity index (χ1) is 12.5. The van der Waals surface area contributed by atoms with Crippen molar-refractivity contribution < 1.29 is 18.6 Å². The van der Waals surface area contributed by atoms with Crippen LogP contribution in [0.3, 0.4) is 0 Å². The lowest BCUT2D eigenvalue weighted by Crippen LogP contribution is -2.49. The highest BCUT2D eigenvalue weighted by atomic mass is 32.2. The molecule has 2 aromatic rings. The topological polar surface area (TPSA) is 90.7 Å². The van der Waals surface area contributed by atoms with E-state index in [0.717, 1.165) is 22.5 Å². The Balaban J connectivity index is 1.58. The number of nitrogens with zero attached hydrogens (tertiary/aromatic N) is 1. The summed E-state index contributed by atoms with van der Waals surface area (Å²) in [6, 6.07) is 15.9. The Bertz CT molecular complexity index is 784. The van der Waals surface area contributed by atoms with Crippen LogP contribution in [-0.4, -0.2) is 29.3 Å². The van der Waals surface area contributed by atoms with Crippen LogP contribution in [0.1, 0.15) is 12.5 Å². The Morgan fingerprint density at radius 1 is 1.23 bits per heavy atom. The van der Waals surface area contributed by atoms with Crippen LogP contribution in [0, 0.1) is 10.1 Å². The van der Waals surface area contributed by atoms with Gasteiger partial charge in [-0.1, -0.05) is 30.3 Å². The molecule has 1 saturated heterocycles. The molecular formula is C18H18N2O5S. The molecular weight excluding hydrogens is 356 g/mol. The standard InChI is InChI=1S/C18H18N2O5S/c1-18(11-13-5-3-2-4-6-13)16(25-17(21)19-18)12-24-26-15-9-7-14(8-10-15)20(22)23/h2-10,16H,11-12H2,1H3,(H,19,21)/t16-,18?/m1/s1. The maximum Gasteiger partial charge on any atom is 0.408 e. The first-order valence-corrected chi connectivity index (χ1v) is 8.77. The molecule has 1 fully saturated rings. The summed E-state index contributed by atoms with van der Waals surface area (Å²) in [4.78, 5) is 22.7. The highest BCUT2D eigenvalue weighted by molar-refractivity contribution is 7.94. The summed E-state index contributed by atoms with van der Waals surface area (Å²) in [6.45, 7) is 2.12. The summed E-state index contributed by atoms with van der Waals surface area (Å²) in [7, 11) is 0. The molecule has 136 valence electrons. The van der Waals surface area contributed by atoms with Crippen molar-refractivity contribution >= 4 is 23.8 Å². The summed E-state index contributed by atoms with van der Waals surface area (Å²) in [5, 5.41) is 13.5. The average molecular weight is 374 g/mol. The van der Waals surface area contributed by atoms with Gasteiger partial charge in [0.05, 0.1) is 10.5 Å². The molecule has 0 aliphatic carbocycles. The molecule has 2 aromatic carbocycles. The van der Waals surface area contributed by atoms with E-state index < -0.39 is 22.7 Å². The largest absolute Gasteiger partial charge is 0.441 e. The van der Waals surface area contributed by atoms with Gasteiger partial charge in [-0.2, -0.15) is 0 Å². The minimum absolute atomic E-state index is 0.0266. The zero-order valence-corrected chi connectivity index (χ0v) is 14.9. The van der Waals surface area contributed by atoms with E-state index in [-0.39, 0.29) is 12.3 Å². The van der Waals surface area contributed by atoms with E-state index in [2.05, 4.69) is 5.32 Å². The third kappa shape index (κ3) is 4.33. The fourth-order valence-corrected chi connectivity index (χ4v) is 3.36. The molecule has 1 unspecified atom stereocenters. The smallest absolute Gasteiger partial charge is 0.408 e. The molecule has 1 amide bonds. The number of carbonyl (C=O) groups excluding carboxylic acids is 1. The van der Waals surface area contributed by atoms with Crippen LogP contribution >= 0.6 is 12.0 Å². The maximum atomic E-state index is 11.7. The van der Waals surface area contributed by atoms with E-state index in [9.17, 15) is 14.9 Å². The molecule has 1 heterocycles. The number of nitro groups is 1. The summed E-state index contributed by atoms with van der Waals surface area (Å²) in [5.74, 6) is 0. The number of non-ortho nitro benzene ring substituents is 1. The number of nitrogens with one attached hydrogen (secondary N) is 1. The molecule has 1 aliphatic rings. The van der Waals surface area contributed by atoms with E-state index in [0.29, 0.717) is 6.42 Å². The van der Waals surface area contributed by atoms with Crippen molar-refractivity contribution in [2.45, 2.75) is 29.9 Å². The number of benzene rings is 2.